The largest absolute Gasteiger partial charge is 0.311 e. The molecule has 1 heterocycles. The van der Waals surface area contributed by atoms with Gasteiger partial charge in [-0.1, -0.05) is 19.9 Å². The fourth-order valence-electron chi connectivity index (χ4n) is 3.55. The number of anilines is 2. The molecule has 2 aromatic carbocycles. The Labute approximate surface area is 155 Å². The monoisotopic (exact) mass is 372 g/mol. The smallest absolute Gasteiger partial charge is 0.261 e. The van der Waals surface area contributed by atoms with Gasteiger partial charge in [0.25, 0.3) is 10.0 Å². The number of amides is 1. The first-order valence-corrected chi connectivity index (χ1v) is 10.0. The zero-order valence-electron chi connectivity index (χ0n) is 15.8. The quantitative estimate of drug-likeness (QED) is 0.892. The van der Waals surface area contributed by atoms with Crippen molar-refractivity contribution in [1.29, 1.82) is 0 Å². The molecule has 1 aliphatic heterocycles. The number of nitrogens with zero attached hydrogens (tertiary/aromatic N) is 1. The van der Waals surface area contributed by atoms with Gasteiger partial charge in [-0.3, -0.25) is 9.52 Å². The van der Waals surface area contributed by atoms with E-state index in [1.807, 2.05) is 33.8 Å². The lowest BCUT2D eigenvalue weighted by Gasteiger charge is -2.19. The topological polar surface area (TPSA) is 66.5 Å². The van der Waals surface area contributed by atoms with E-state index < -0.39 is 10.0 Å². The minimum absolute atomic E-state index is 0.0409. The summed E-state index contributed by atoms with van der Waals surface area (Å²) in [5.74, 6) is -0.0409. The van der Waals surface area contributed by atoms with Crippen molar-refractivity contribution in [3.63, 3.8) is 0 Å². The predicted molar refractivity (Wildman–Crippen MR) is 104 cm³/mol. The molecule has 5 nitrogen and oxygen atoms in total. The maximum absolute atomic E-state index is 12.9. The van der Waals surface area contributed by atoms with E-state index in [1.165, 1.54) is 6.92 Å². The lowest BCUT2D eigenvalue weighted by atomic mass is 9.87. The highest BCUT2D eigenvalue weighted by atomic mass is 32.2. The van der Waals surface area contributed by atoms with Gasteiger partial charge in [-0.2, -0.15) is 0 Å². The van der Waals surface area contributed by atoms with Gasteiger partial charge >= 0.3 is 0 Å². The Hall–Kier alpha value is -2.34. The van der Waals surface area contributed by atoms with Gasteiger partial charge in [0, 0.05) is 30.3 Å². The van der Waals surface area contributed by atoms with E-state index in [4.69, 9.17) is 0 Å². The Morgan fingerprint density at radius 1 is 1.08 bits per heavy atom. The van der Waals surface area contributed by atoms with Crippen molar-refractivity contribution in [2.45, 2.75) is 44.9 Å². The third-order valence-electron chi connectivity index (χ3n) is 4.71. The maximum Gasteiger partial charge on any atom is 0.261 e. The zero-order valence-corrected chi connectivity index (χ0v) is 16.6. The molecule has 26 heavy (non-hydrogen) atoms. The van der Waals surface area contributed by atoms with E-state index in [2.05, 4.69) is 4.72 Å². The first kappa shape index (κ1) is 18.5. The molecule has 0 aliphatic carbocycles. The number of carbonyl (C=O) groups excluding carboxylic acids is 1. The van der Waals surface area contributed by atoms with E-state index in [0.29, 0.717) is 12.2 Å². The molecule has 0 atom stereocenters. The van der Waals surface area contributed by atoms with Crippen molar-refractivity contribution >= 4 is 27.3 Å². The lowest BCUT2D eigenvalue weighted by molar-refractivity contribution is -0.116. The zero-order chi connectivity index (χ0) is 19.3. The molecule has 1 aliphatic rings. The third-order valence-corrected chi connectivity index (χ3v) is 6.08. The third kappa shape index (κ3) is 3.33. The minimum atomic E-state index is -3.71. The molecule has 138 valence electrons. The number of sulfonamides is 1. The molecule has 2 aromatic rings. The summed E-state index contributed by atoms with van der Waals surface area (Å²) in [5, 5.41) is 0. The number of carbonyl (C=O) groups is 1. The highest BCUT2D eigenvalue weighted by Crippen LogP contribution is 2.41. The Morgan fingerprint density at radius 3 is 2.27 bits per heavy atom. The van der Waals surface area contributed by atoms with Crippen molar-refractivity contribution < 1.29 is 13.2 Å². The molecule has 1 N–H and O–H groups in total. The second-order valence-electron chi connectivity index (χ2n) is 7.65. The number of rotatable bonds is 3. The molecular weight excluding hydrogens is 348 g/mol. The Balaban J connectivity index is 2.01. The standard InChI is InChI=1S/C20H24N2O3S/c1-13-8-14(2)10-16(9-13)21-26(24,25)17-6-7-19-18(11-17)20(4,5)12-22(19)15(3)23/h6-11,21H,12H2,1-5H3. The Morgan fingerprint density at radius 2 is 1.69 bits per heavy atom. The average molecular weight is 372 g/mol. The van der Waals surface area contributed by atoms with Crippen LogP contribution in [0.5, 0.6) is 0 Å². The van der Waals surface area contributed by atoms with Crippen LogP contribution in [0.15, 0.2) is 41.3 Å². The molecule has 0 bridgehead atoms. The van der Waals surface area contributed by atoms with Crippen LogP contribution in [0.1, 0.15) is 37.5 Å². The fourth-order valence-corrected chi connectivity index (χ4v) is 4.62. The average Bonchev–Trinajstić information content (AvgIpc) is 2.77. The molecule has 0 fully saturated rings. The molecular formula is C20H24N2O3S. The molecule has 1 amide bonds. The van der Waals surface area contributed by atoms with E-state index in [1.54, 1.807) is 35.2 Å². The number of aryl methyl sites for hydroxylation is 2. The van der Waals surface area contributed by atoms with Gasteiger partial charge in [0.2, 0.25) is 5.91 Å². The van der Waals surface area contributed by atoms with Gasteiger partial charge in [-0.05, 0) is 60.9 Å². The van der Waals surface area contributed by atoms with Gasteiger partial charge in [-0.15, -0.1) is 0 Å². The van der Waals surface area contributed by atoms with Gasteiger partial charge in [0.05, 0.1) is 4.90 Å². The molecule has 0 saturated carbocycles. The molecule has 0 aromatic heterocycles. The number of nitrogens with one attached hydrogen (secondary N) is 1. The van der Waals surface area contributed by atoms with Crippen molar-refractivity contribution in [2.75, 3.05) is 16.2 Å². The van der Waals surface area contributed by atoms with Crippen LogP contribution in [0.25, 0.3) is 0 Å². The normalized spacial score (nSPS) is 15.7. The maximum atomic E-state index is 12.9. The van der Waals surface area contributed by atoms with Crippen molar-refractivity contribution in [3.8, 4) is 0 Å². The number of benzene rings is 2. The summed E-state index contributed by atoms with van der Waals surface area (Å²) >= 11 is 0. The number of fused-ring (bicyclic) bond motifs is 1. The molecule has 3 rings (SSSR count). The Bertz CT molecular complexity index is 974. The number of hydrogen-bond donors (Lipinski definition) is 1. The van der Waals surface area contributed by atoms with Gasteiger partial charge in [0.15, 0.2) is 0 Å². The van der Waals surface area contributed by atoms with Crippen molar-refractivity contribution in [3.05, 3.63) is 53.1 Å². The molecule has 0 saturated heterocycles. The van der Waals surface area contributed by atoms with Gasteiger partial charge in [0.1, 0.15) is 0 Å². The predicted octanol–water partition coefficient (Wildman–Crippen LogP) is 3.75. The van der Waals surface area contributed by atoms with Crippen LogP contribution in [0.4, 0.5) is 11.4 Å². The second kappa shape index (κ2) is 6.13. The van der Waals surface area contributed by atoms with E-state index in [9.17, 15) is 13.2 Å². The summed E-state index contributed by atoms with van der Waals surface area (Å²) in [6.45, 7) is 9.96. The van der Waals surface area contributed by atoms with Crippen LogP contribution in [0, 0.1) is 13.8 Å². The first-order valence-electron chi connectivity index (χ1n) is 8.53. The van der Waals surface area contributed by atoms with Gasteiger partial charge in [-0.25, -0.2) is 8.42 Å². The number of hydrogen-bond acceptors (Lipinski definition) is 3. The van der Waals surface area contributed by atoms with E-state index >= 15 is 0 Å². The van der Waals surface area contributed by atoms with Crippen molar-refractivity contribution in [2.24, 2.45) is 0 Å². The minimum Gasteiger partial charge on any atom is -0.311 e. The van der Waals surface area contributed by atoms with Crippen molar-refractivity contribution in [1.82, 2.24) is 0 Å². The first-order chi connectivity index (χ1) is 12.0. The summed E-state index contributed by atoms with van der Waals surface area (Å²) < 4.78 is 28.4. The van der Waals surface area contributed by atoms with Gasteiger partial charge < -0.3 is 4.90 Å². The molecule has 0 unspecified atom stereocenters. The summed E-state index contributed by atoms with van der Waals surface area (Å²) in [7, 11) is -3.71. The molecule has 0 spiro atoms. The summed E-state index contributed by atoms with van der Waals surface area (Å²) in [4.78, 5) is 13.8. The Kier molecular flexibility index (Phi) is 4.35. The summed E-state index contributed by atoms with van der Waals surface area (Å²) in [5.41, 5.74) is 3.90. The van der Waals surface area contributed by atoms with Crippen LogP contribution in [-0.2, 0) is 20.2 Å². The van der Waals surface area contributed by atoms with Crippen LogP contribution in [0.2, 0.25) is 0 Å². The highest BCUT2D eigenvalue weighted by molar-refractivity contribution is 7.92. The van der Waals surface area contributed by atoms with E-state index in [0.717, 1.165) is 22.4 Å². The highest BCUT2D eigenvalue weighted by Gasteiger charge is 2.37. The fraction of sp³-hybridized carbons (Fsp3) is 0.350. The van der Waals surface area contributed by atoms with Crippen LogP contribution >= 0.6 is 0 Å². The van der Waals surface area contributed by atoms with Crippen LogP contribution < -0.4 is 9.62 Å². The molecule has 6 heteroatoms. The lowest BCUT2D eigenvalue weighted by Crippen LogP contribution is -2.31. The van der Waals surface area contributed by atoms with Crippen LogP contribution in [0.3, 0.4) is 0 Å². The van der Waals surface area contributed by atoms with Crippen LogP contribution in [-0.4, -0.2) is 20.9 Å². The molecule has 0 radical (unpaired) electrons. The second-order valence-corrected chi connectivity index (χ2v) is 9.33. The summed E-state index contributed by atoms with van der Waals surface area (Å²) in [6, 6.07) is 10.6. The van der Waals surface area contributed by atoms with E-state index in [-0.39, 0.29) is 16.2 Å². The SMILES string of the molecule is CC(=O)N1CC(C)(C)c2cc(S(=O)(=O)Nc3cc(C)cc(C)c3)ccc21. The summed E-state index contributed by atoms with van der Waals surface area (Å²) in [6.07, 6.45) is 0.